The average Bonchev–Trinajstić information content (AvgIpc) is 3.48. The van der Waals surface area contributed by atoms with Crippen molar-refractivity contribution in [2.24, 2.45) is 0 Å². The molecule has 1 spiro atoms. The Balaban J connectivity index is 1.13. The summed E-state index contributed by atoms with van der Waals surface area (Å²) in [7, 11) is 0. The van der Waals surface area contributed by atoms with Gasteiger partial charge in [0.05, 0.1) is 0 Å². The molecule has 0 bridgehead atoms. The van der Waals surface area contributed by atoms with Crippen molar-refractivity contribution in [3.63, 3.8) is 0 Å². The molecule has 42 heavy (non-hydrogen) atoms. The number of unbranched alkanes of at least 4 members (excludes halogenated alkanes) is 1. The van der Waals surface area contributed by atoms with E-state index in [4.69, 9.17) is 0 Å². The average molecular weight is 565 g/mol. The lowest BCUT2D eigenvalue weighted by Crippen LogP contribution is -2.75. The van der Waals surface area contributed by atoms with Gasteiger partial charge < -0.3 is 15.1 Å². The Labute approximate surface area is 250 Å². The predicted octanol–water partition coefficient (Wildman–Crippen LogP) is 4.69. The molecule has 3 aromatic rings. The van der Waals surface area contributed by atoms with E-state index >= 15 is 0 Å². The second-order valence-corrected chi connectivity index (χ2v) is 12.4. The fourth-order valence-electron chi connectivity index (χ4n) is 7.29. The normalized spacial score (nSPS) is 22.9. The monoisotopic (exact) mass is 564 g/mol. The molecule has 6 nitrogen and oxygen atoms in total. The summed E-state index contributed by atoms with van der Waals surface area (Å²) >= 11 is 0. The standard InChI is InChI=1S/C36H44N4O2/c41-34-33(26-30-15-6-2-7-16-30)37-35(42)36(40(34)32-19-23-39(28-32)27-31-17-8-3-9-18-31)20-24-38(25-21-36)22-11-10-14-29-12-4-1-5-13-29/h1-9,12-13,15-18,32-33H,10-11,14,19-28H2,(H,37,42). The second-order valence-electron chi connectivity index (χ2n) is 12.4. The van der Waals surface area contributed by atoms with Gasteiger partial charge in [-0.2, -0.15) is 0 Å². The molecule has 6 heteroatoms. The maximum atomic E-state index is 14.3. The number of amides is 2. The number of benzene rings is 3. The topological polar surface area (TPSA) is 55.9 Å². The van der Waals surface area contributed by atoms with E-state index in [0.29, 0.717) is 19.3 Å². The fourth-order valence-corrected chi connectivity index (χ4v) is 7.29. The maximum Gasteiger partial charge on any atom is 0.246 e. The summed E-state index contributed by atoms with van der Waals surface area (Å²) in [4.78, 5) is 35.4. The highest BCUT2D eigenvalue weighted by molar-refractivity contribution is 6.00. The zero-order chi connectivity index (χ0) is 28.8. The van der Waals surface area contributed by atoms with Crippen LogP contribution in [0.3, 0.4) is 0 Å². The van der Waals surface area contributed by atoms with E-state index in [2.05, 4.69) is 74.6 Å². The Morgan fingerprint density at radius 1 is 0.714 bits per heavy atom. The highest BCUT2D eigenvalue weighted by atomic mass is 16.2. The van der Waals surface area contributed by atoms with Crippen LogP contribution in [-0.4, -0.2) is 76.9 Å². The summed E-state index contributed by atoms with van der Waals surface area (Å²) < 4.78 is 0. The molecule has 3 aliphatic heterocycles. The van der Waals surface area contributed by atoms with Crippen LogP contribution in [0.15, 0.2) is 91.0 Å². The summed E-state index contributed by atoms with van der Waals surface area (Å²) in [5, 5.41) is 3.20. The molecule has 0 saturated carbocycles. The molecule has 2 amide bonds. The van der Waals surface area contributed by atoms with Crippen molar-refractivity contribution in [1.82, 2.24) is 20.0 Å². The largest absolute Gasteiger partial charge is 0.342 e. The lowest BCUT2D eigenvalue weighted by Gasteiger charge is -2.53. The third-order valence-corrected chi connectivity index (χ3v) is 9.58. The van der Waals surface area contributed by atoms with Crippen LogP contribution in [0.4, 0.5) is 0 Å². The SMILES string of the molecule is O=C1C(Cc2ccccc2)NC(=O)C2(CCN(CCCCc3ccccc3)CC2)N1C1CCN(Cc2ccccc2)C1. The van der Waals surface area contributed by atoms with Crippen molar-refractivity contribution >= 4 is 11.8 Å². The van der Waals surface area contributed by atoms with E-state index in [1.807, 2.05) is 36.4 Å². The highest BCUT2D eigenvalue weighted by Gasteiger charge is 2.56. The molecule has 3 aliphatic rings. The van der Waals surface area contributed by atoms with E-state index in [1.54, 1.807) is 0 Å². The van der Waals surface area contributed by atoms with E-state index < -0.39 is 11.6 Å². The molecule has 2 atom stereocenters. The van der Waals surface area contributed by atoms with E-state index in [1.165, 1.54) is 11.1 Å². The quantitative estimate of drug-likeness (QED) is 0.363. The molecule has 0 aromatic heterocycles. The number of piperidine rings is 1. The van der Waals surface area contributed by atoms with Crippen LogP contribution in [-0.2, 0) is 29.0 Å². The number of nitrogens with zero attached hydrogens (tertiary/aromatic N) is 3. The number of carbonyl (C=O) groups is 2. The smallest absolute Gasteiger partial charge is 0.246 e. The first-order valence-corrected chi connectivity index (χ1v) is 15.8. The van der Waals surface area contributed by atoms with Crippen LogP contribution in [0.25, 0.3) is 0 Å². The Morgan fingerprint density at radius 3 is 2.00 bits per heavy atom. The first-order valence-electron chi connectivity index (χ1n) is 15.8. The third kappa shape index (κ3) is 6.45. The molecular weight excluding hydrogens is 520 g/mol. The van der Waals surface area contributed by atoms with E-state index in [-0.39, 0.29) is 17.9 Å². The van der Waals surface area contributed by atoms with Crippen LogP contribution in [0.5, 0.6) is 0 Å². The van der Waals surface area contributed by atoms with Crippen LogP contribution in [0, 0.1) is 0 Å². The molecule has 1 N–H and O–H groups in total. The van der Waals surface area contributed by atoms with Crippen LogP contribution in [0.2, 0.25) is 0 Å². The van der Waals surface area contributed by atoms with Gasteiger partial charge in [-0.1, -0.05) is 91.0 Å². The van der Waals surface area contributed by atoms with Crippen molar-refractivity contribution < 1.29 is 9.59 Å². The van der Waals surface area contributed by atoms with E-state index in [9.17, 15) is 9.59 Å². The predicted molar refractivity (Wildman–Crippen MR) is 167 cm³/mol. The molecule has 0 aliphatic carbocycles. The molecular formula is C36H44N4O2. The summed E-state index contributed by atoms with van der Waals surface area (Å²) in [5.41, 5.74) is 3.01. The van der Waals surface area contributed by atoms with Crippen LogP contribution < -0.4 is 5.32 Å². The van der Waals surface area contributed by atoms with Crippen LogP contribution >= 0.6 is 0 Å². The molecule has 3 aromatic carbocycles. The lowest BCUT2D eigenvalue weighted by molar-refractivity contribution is -0.164. The van der Waals surface area contributed by atoms with Crippen molar-refractivity contribution in [2.45, 2.75) is 69.1 Å². The second kappa shape index (κ2) is 13.2. The van der Waals surface area contributed by atoms with Gasteiger partial charge in [0.1, 0.15) is 11.6 Å². The van der Waals surface area contributed by atoms with Gasteiger partial charge in [-0.25, -0.2) is 0 Å². The van der Waals surface area contributed by atoms with Gasteiger partial charge in [-0.05, 0) is 61.8 Å². The maximum absolute atomic E-state index is 14.3. The number of hydrogen-bond donors (Lipinski definition) is 1. The third-order valence-electron chi connectivity index (χ3n) is 9.58. The Bertz CT molecular complexity index is 1310. The van der Waals surface area contributed by atoms with Gasteiger partial charge in [-0.15, -0.1) is 0 Å². The molecule has 2 unspecified atom stereocenters. The van der Waals surface area contributed by atoms with Crippen molar-refractivity contribution in [3.8, 4) is 0 Å². The van der Waals surface area contributed by atoms with Gasteiger partial charge >= 0.3 is 0 Å². The first-order chi connectivity index (χ1) is 20.6. The number of rotatable bonds is 10. The minimum atomic E-state index is -0.752. The zero-order valence-corrected chi connectivity index (χ0v) is 24.7. The minimum Gasteiger partial charge on any atom is -0.342 e. The number of nitrogens with one attached hydrogen (secondary N) is 1. The van der Waals surface area contributed by atoms with Crippen molar-refractivity contribution in [1.29, 1.82) is 0 Å². The van der Waals surface area contributed by atoms with Gasteiger partial charge in [0, 0.05) is 45.2 Å². The fraction of sp³-hybridized carbons (Fsp3) is 0.444. The first kappa shape index (κ1) is 28.6. The molecule has 3 heterocycles. The van der Waals surface area contributed by atoms with Gasteiger partial charge in [0.2, 0.25) is 11.8 Å². The molecule has 3 fully saturated rings. The van der Waals surface area contributed by atoms with E-state index in [0.717, 1.165) is 70.5 Å². The molecule has 220 valence electrons. The van der Waals surface area contributed by atoms with Gasteiger partial charge in [0.25, 0.3) is 0 Å². The van der Waals surface area contributed by atoms with Crippen LogP contribution in [0.1, 0.15) is 48.8 Å². The van der Waals surface area contributed by atoms with Crippen molar-refractivity contribution in [2.75, 3.05) is 32.7 Å². The number of likely N-dealkylation sites (tertiary alicyclic amines) is 2. The van der Waals surface area contributed by atoms with Gasteiger partial charge in [-0.3, -0.25) is 14.5 Å². The Kier molecular flexibility index (Phi) is 9.01. The Morgan fingerprint density at radius 2 is 1.33 bits per heavy atom. The summed E-state index contributed by atoms with van der Waals surface area (Å²) in [6.45, 7) is 5.39. The lowest BCUT2D eigenvalue weighted by atomic mass is 9.79. The summed E-state index contributed by atoms with van der Waals surface area (Å²) in [5.74, 6) is 0.148. The molecule has 3 saturated heterocycles. The van der Waals surface area contributed by atoms with Gasteiger partial charge in [0.15, 0.2) is 0 Å². The summed E-state index contributed by atoms with van der Waals surface area (Å²) in [6.07, 6.45) is 6.27. The zero-order valence-electron chi connectivity index (χ0n) is 24.7. The summed E-state index contributed by atoms with van der Waals surface area (Å²) in [6, 6.07) is 30.9. The molecule has 6 rings (SSSR count). The number of hydrogen-bond acceptors (Lipinski definition) is 4. The number of piperazine rings is 1. The Hall–Kier alpha value is -3.48. The number of aryl methyl sites for hydroxylation is 1. The van der Waals surface area contributed by atoms with Crippen molar-refractivity contribution in [3.05, 3.63) is 108 Å². The highest BCUT2D eigenvalue weighted by Crippen LogP contribution is 2.37. The minimum absolute atomic E-state index is 0.0493. The molecule has 0 radical (unpaired) electrons. The number of carbonyl (C=O) groups excluding carboxylic acids is 2.